The summed E-state index contributed by atoms with van der Waals surface area (Å²) in [4.78, 5) is 22.4. The van der Waals surface area contributed by atoms with E-state index >= 15 is 0 Å². The second-order valence-electron chi connectivity index (χ2n) is 3.50. The molecule has 1 heterocycles. The van der Waals surface area contributed by atoms with Gasteiger partial charge in [0.05, 0.1) is 26.4 Å². The molecule has 6 nitrogen and oxygen atoms in total. The van der Waals surface area contributed by atoms with Gasteiger partial charge in [0, 0.05) is 18.7 Å². The zero-order valence-corrected chi connectivity index (χ0v) is 10.5. The maximum atomic E-state index is 11.3. The largest absolute Gasteiger partial charge is 0.466 e. The summed E-state index contributed by atoms with van der Waals surface area (Å²) in [5.74, 6) is -0.575. The highest BCUT2D eigenvalue weighted by atomic mass is 16.5. The molecule has 0 aliphatic heterocycles. The second-order valence-corrected chi connectivity index (χ2v) is 3.50. The summed E-state index contributed by atoms with van der Waals surface area (Å²) in [7, 11) is 1.29. The van der Waals surface area contributed by atoms with Crippen LogP contribution in [0.4, 0.5) is 0 Å². The van der Waals surface area contributed by atoms with Gasteiger partial charge in [-0.15, -0.1) is 0 Å². The molecule has 0 aromatic carbocycles. The van der Waals surface area contributed by atoms with Gasteiger partial charge >= 0.3 is 11.9 Å². The van der Waals surface area contributed by atoms with Gasteiger partial charge in [0.1, 0.15) is 0 Å². The number of furan rings is 1. The lowest BCUT2D eigenvalue weighted by Gasteiger charge is -2.04. The highest BCUT2D eigenvalue weighted by Crippen LogP contribution is 2.11. The summed E-state index contributed by atoms with van der Waals surface area (Å²) < 4.78 is 14.4. The van der Waals surface area contributed by atoms with Gasteiger partial charge in [-0.1, -0.05) is 0 Å². The summed E-state index contributed by atoms with van der Waals surface area (Å²) in [6.45, 7) is 3.05. The van der Waals surface area contributed by atoms with E-state index in [1.165, 1.54) is 13.4 Å². The number of ether oxygens (including phenoxy) is 2. The molecule has 0 spiro atoms. The van der Waals surface area contributed by atoms with E-state index < -0.39 is 5.97 Å². The Morgan fingerprint density at radius 2 is 2.22 bits per heavy atom. The van der Waals surface area contributed by atoms with Gasteiger partial charge in [-0.25, -0.2) is 4.79 Å². The summed E-state index contributed by atoms with van der Waals surface area (Å²) in [6, 6.07) is 1.68. The first-order valence-corrected chi connectivity index (χ1v) is 5.70. The van der Waals surface area contributed by atoms with E-state index in [2.05, 4.69) is 10.1 Å². The zero-order valence-electron chi connectivity index (χ0n) is 10.5. The Hall–Kier alpha value is -1.82. The van der Waals surface area contributed by atoms with Crippen LogP contribution in [0, 0.1) is 0 Å². The van der Waals surface area contributed by atoms with Crippen molar-refractivity contribution in [2.75, 3.05) is 20.3 Å². The molecule has 0 bridgehead atoms. The van der Waals surface area contributed by atoms with Crippen molar-refractivity contribution < 1.29 is 23.5 Å². The van der Waals surface area contributed by atoms with Crippen molar-refractivity contribution in [1.82, 2.24) is 5.32 Å². The molecule has 0 saturated heterocycles. The summed E-state index contributed by atoms with van der Waals surface area (Å²) in [5, 5.41) is 3.03. The molecule has 1 aromatic heterocycles. The molecule has 1 N–H and O–H groups in total. The monoisotopic (exact) mass is 255 g/mol. The van der Waals surface area contributed by atoms with Crippen molar-refractivity contribution in [3.8, 4) is 0 Å². The van der Waals surface area contributed by atoms with E-state index in [0.29, 0.717) is 31.7 Å². The summed E-state index contributed by atoms with van der Waals surface area (Å²) in [6.07, 6.45) is 1.72. The van der Waals surface area contributed by atoms with Crippen molar-refractivity contribution in [2.45, 2.75) is 19.9 Å². The fourth-order valence-electron chi connectivity index (χ4n) is 1.39. The Kier molecular flexibility index (Phi) is 5.93. The second kappa shape index (κ2) is 7.50. The van der Waals surface area contributed by atoms with Crippen LogP contribution in [-0.2, 0) is 20.8 Å². The number of hydrogen-bond acceptors (Lipinski definition) is 6. The molecule has 0 aliphatic carbocycles. The van der Waals surface area contributed by atoms with E-state index in [1.54, 1.807) is 13.0 Å². The molecule has 0 radical (unpaired) electrons. The molecule has 0 unspecified atom stereocenters. The molecular formula is C12H17NO5. The van der Waals surface area contributed by atoms with E-state index in [9.17, 15) is 9.59 Å². The Labute approximate surface area is 105 Å². The molecule has 100 valence electrons. The molecule has 0 amide bonds. The number of hydrogen-bond donors (Lipinski definition) is 1. The van der Waals surface area contributed by atoms with E-state index in [1.807, 2.05) is 0 Å². The quantitative estimate of drug-likeness (QED) is 0.581. The van der Waals surface area contributed by atoms with Gasteiger partial charge in [0.25, 0.3) is 0 Å². The minimum atomic E-state index is -0.512. The number of methoxy groups -OCH3 is 1. The first-order chi connectivity index (χ1) is 8.69. The number of nitrogens with one attached hydrogen (secondary N) is 1. The van der Waals surface area contributed by atoms with Gasteiger partial charge in [-0.2, -0.15) is 0 Å². The lowest BCUT2D eigenvalue weighted by Crippen LogP contribution is -2.20. The minimum Gasteiger partial charge on any atom is -0.466 e. The van der Waals surface area contributed by atoms with E-state index in [-0.39, 0.29) is 11.7 Å². The van der Waals surface area contributed by atoms with Crippen LogP contribution in [0.2, 0.25) is 0 Å². The van der Waals surface area contributed by atoms with Crippen LogP contribution in [0.3, 0.4) is 0 Å². The van der Waals surface area contributed by atoms with Crippen molar-refractivity contribution in [3.63, 3.8) is 0 Å². The molecule has 0 aliphatic rings. The van der Waals surface area contributed by atoms with Crippen LogP contribution in [0.25, 0.3) is 0 Å². The van der Waals surface area contributed by atoms with Crippen LogP contribution in [0.5, 0.6) is 0 Å². The Bertz CT molecular complexity index is 399. The lowest BCUT2D eigenvalue weighted by molar-refractivity contribution is -0.142. The fourth-order valence-corrected chi connectivity index (χ4v) is 1.39. The van der Waals surface area contributed by atoms with Crippen LogP contribution in [-0.4, -0.2) is 32.2 Å². The molecule has 0 fully saturated rings. The molecule has 0 saturated carbocycles. The smallest absolute Gasteiger partial charge is 0.374 e. The first kappa shape index (κ1) is 14.2. The highest BCUT2D eigenvalue weighted by molar-refractivity contribution is 5.87. The first-order valence-electron chi connectivity index (χ1n) is 5.70. The van der Waals surface area contributed by atoms with Crippen LogP contribution >= 0.6 is 0 Å². The predicted octanol–water partition coefficient (Wildman–Crippen LogP) is 1.11. The Balaban J connectivity index is 2.33. The Morgan fingerprint density at radius 1 is 1.44 bits per heavy atom. The maximum Gasteiger partial charge on any atom is 0.374 e. The molecule has 6 heteroatoms. The molecule has 1 rings (SSSR count). The van der Waals surface area contributed by atoms with Gasteiger partial charge < -0.3 is 19.2 Å². The molecule has 0 atom stereocenters. The number of carbonyl (C=O) groups is 2. The zero-order chi connectivity index (χ0) is 13.4. The van der Waals surface area contributed by atoms with Crippen molar-refractivity contribution in [1.29, 1.82) is 0 Å². The van der Waals surface area contributed by atoms with Gasteiger partial charge in [0.15, 0.2) is 0 Å². The third-order valence-electron chi connectivity index (χ3n) is 2.24. The molecular weight excluding hydrogens is 238 g/mol. The third-order valence-corrected chi connectivity index (χ3v) is 2.24. The van der Waals surface area contributed by atoms with Crippen molar-refractivity contribution in [2.24, 2.45) is 0 Å². The number of rotatable bonds is 7. The average Bonchev–Trinajstić information content (AvgIpc) is 2.82. The van der Waals surface area contributed by atoms with Gasteiger partial charge in [-0.3, -0.25) is 4.79 Å². The minimum absolute atomic E-state index is 0.182. The highest BCUT2D eigenvalue weighted by Gasteiger charge is 2.15. The fraction of sp³-hybridized carbons (Fsp3) is 0.500. The van der Waals surface area contributed by atoms with Crippen LogP contribution < -0.4 is 5.32 Å². The van der Waals surface area contributed by atoms with Crippen molar-refractivity contribution >= 4 is 11.9 Å². The van der Waals surface area contributed by atoms with Crippen molar-refractivity contribution in [3.05, 3.63) is 23.7 Å². The number of carbonyl (C=O) groups excluding carboxylic acids is 2. The number of esters is 2. The van der Waals surface area contributed by atoms with E-state index in [0.717, 1.165) is 0 Å². The van der Waals surface area contributed by atoms with E-state index in [4.69, 9.17) is 9.15 Å². The Morgan fingerprint density at radius 3 is 2.89 bits per heavy atom. The third kappa shape index (κ3) is 4.21. The van der Waals surface area contributed by atoms with Gasteiger partial charge in [-0.05, 0) is 13.0 Å². The summed E-state index contributed by atoms with van der Waals surface area (Å²) >= 11 is 0. The molecule has 18 heavy (non-hydrogen) atoms. The van der Waals surface area contributed by atoms with Crippen LogP contribution in [0.15, 0.2) is 16.7 Å². The normalized spacial score (nSPS) is 10.1. The SMILES string of the molecule is CCOC(=O)CCNCc1ccoc1C(=O)OC. The predicted molar refractivity (Wildman–Crippen MR) is 63.0 cm³/mol. The lowest BCUT2D eigenvalue weighted by atomic mass is 10.2. The topological polar surface area (TPSA) is 77.8 Å². The standard InChI is InChI=1S/C12H17NO5/c1-3-17-10(14)4-6-13-8-9-5-7-18-11(9)12(15)16-2/h5,7,13H,3-4,6,8H2,1-2H3. The van der Waals surface area contributed by atoms with Crippen LogP contribution in [0.1, 0.15) is 29.5 Å². The summed E-state index contributed by atoms with van der Waals surface area (Å²) in [5.41, 5.74) is 0.700. The maximum absolute atomic E-state index is 11.3. The molecule has 1 aromatic rings. The average molecular weight is 255 g/mol. The van der Waals surface area contributed by atoms with Gasteiger partial charge in [0.2, 0.25) is 5.76 Å².